The Kier molecular flexibility index (Phi) is 4.89. The van der Waals surface area contributed by atoms with Gasteiger partial charge in [0.25, 0.3) is 0 Å². The van der Waals surface area contributed by atoms with Crippen LogP contribution < -0.4 is 14.4 Å². The van der Waals surface area contributed by atoms with Crippen molar-refractivity contribution in [3.63, 3.8) is 0 Å². The van der Waals surface area contributed by atoms with E-state index in [1.165, 1.54) is 12.5 Å². The second kappa shape index (κ2) is 8.10. The van der Waals surface area contributed by atoms with E-state index in [0.717, 1.165) is 45.7 Å². The maximum atomic E-state index is 14.4. The van der Waals surface area contributed by atoms with Gasteiger partial charge >= 0.3 is 0 Å². The van der Waals surface area contributed by atoms with Crippen LogP contribution in [0.4, 0.5) is 5.69 Å². The number of amides is 1. The van der Waals surface area contributed by atoms with Crippen LogP contribution in [-0.2, 0) is 16.6 Å². The standard InChI is InChI=1S/C28H22N4O3/c1-3-9-31-20(4-2)15-32-23-7-5-6-21(19-13-29-17-30-14-19)26(23)28(27(32)33)16-35-25-12-24-18(8-10-34-24)11-22(25)28/h1,4-7,9,11-14,17H,8,10,15-16H2,2H3/b20-4-,31-9?. The van der Waals surface area contributed by atoms with Crippen LogP contribution in [0.5, 0.6) is 11.5 Å². The molecule has 0 fully saturated rings. The summed E-state index contributed by atoms with van der Waals surface area (Å²) in [6.07, 6.45) is 14.5. The Labute approximate surface area is 203 Å². The molecule has 3 aliphatic heterocycles. The van der Waals surface area contributed by atoms with Crippen molar-refractivity contribution < 1.29 is 14.3 Å². The molecular weight excluding hydrogens is 440 g/mol. The molecule has 7 nitrogen and oxygen atoms in total. The number of ether oxygens (including phenoxy) is 2. The summed E-state index contributed by atoms with van der Waals surface area (Å²) in [4.78, 5) is 29.0. The highest BCUT2D eigenvalue weighted by Gasteiger charge is 2.58. The summed E-state index contributed by atoms with van der Waals surface area (Å²) in [7, 11) is 0. The maximum Gasteiger partial charge on any atom is 0.246 e. The zero-order chi connectivity index (χ0) is 24.0. The molecule has 4 heterocycles. The summed E-state index contributed by atoms with van der Waals surface area (Å²) in [5.41, 5.74) is 5.13. The van der Waals surface area contributed by atoms with Crippen molar-refractivity contribution in [1.82, 2.24) is 9.97 Å². The molecule has 0 N–H and O–H groups in total. The molecule has 0 aliphatic carbocycles. The Balaban J connectivity index is 1.59. The van der Waals surface area contributed by atoms with Crippen LogP contribution in [0.2, 0.25) is 0 Å². The van der Waals surface area contributed by atoms with Gasteiger partial charge in [0, 0.05) is 47.3 Å². The van der Waals surface area contributed by atoms with Crippen molar-refractivity contribution >= 4 is 17.8 Å². The summed E-state index contributed by atoms with van der Waals surface area (Å²) < 4.78 is 12.0. The first kappa shape index (κ1) is 21.1. The van der Waals surface area contributed by atoms with E-state index in [1.54, 1.807) is 17.3 Å². The minimum Gasteiger partial charge on any atom is -0.493 e. The van der Waals surface area contributed by atoms with Gasteiger partial charge in [-0.1, -0.05) is 24.1 Å². The molecule has 0 bridgehead atoms. The predicted molar refractivity (Wildman–Crippen MR) is 133 cm³/mol. The second-order valence-electron chi connectivity index (χ2n) is 8.67. The van der Waals surface area contributed by atoms with Crippen molar-refractivity contribution in [2.24, 2.45) is 4.99 Å². The van der Waals surface area contributed by atoms with Crippen molar-refractivity contribution in [3.05, 3.63) is 77.5 Å². The number of aliphatic imine (C=N–C) groups is 1. The smallest absolute Gasteiger partial charge is 0.246 e. The van der Waals surface area contributed by atoms with Crippen molar-refractivity contribution in [3.8, 4) is 35.0 Å². The summed E-state index contributed by atoms with van der Waals surface area (Å²) in [5.74, 6) is 3.88. The molecule has 1 aromatic heterocycles. The lowest BCUT2D eigenvalue weighted by Crippen LogP contribution is -2.43. The first-order chi connectivity index (χ1) is 17.2. The third kappa shape index (κ3) is 3.07. The molecule has 7 heteroatoms. The molecule has 6 rings (SSSR count). The lowest BCUT2D eigenvalue weighted by atomic mass is 9.74. The fraction of sp³-hybridized carbons (Fsp3) is 0.214. The van der Waals surface area contributed by atoms with Gasteiger partial charge in [-0.3, -0.25) is 9.79 Å². The van der Waals surface area contributed by atoms with E-state index in [1.807, 2.05) is 37.3 Å². The molecule has 35 heavy (non-hydrogen) atoms. The van der Waals surface area contributed by atoms with E-state index in [4.69, 9.17) is 15.9 Å². The van der Waals surface area contributed by atoms with Gasteiger partial charge in [-0.05, 0) is 30.2 Å². The molecule has 1 spiro atoms. The molecule has 1 unspecified atom stereocenters. The molecule has 3 aliphatic rings. The van der Waals surface area contributed by atoms with E-state index in [-0.39, 0.29) is 12.5 Å². The highest BCUT2D eigenvalue weighted by molar-refractivity contribution is 6.13. The lowest BCUT2D eigenvalue weighted by molar-refractivity contribution is -0.122. The van der Waals surface area contributed by atoms with Crippen LogP contribution in [0.1, 0.15) is 23.6 Å². The minimum absolute atomic E-state index is 0.0512. The highest BCUT2D eigenvalue weighted by atomic mass is 16.5. The van der Waals surface area contributed by atoms with Crippen LogP contribution in [0.15, 0.2) is 65.8 Å². The number of anilines is 1. The molecule has 0 radical (unpaired) electrons. The van der Waals surface area contributed by atoms with Crippen LogP contribution >= 0.6 is 0 Å². The largest absolute Gasteiger partial charge is 0.493 e. The molecule has 1 amide bonds. The maximum absolute atomic E-state index is 14.4. The molecular formula is C28H22N4O3. The van der Waals surface area contributed by atoms with Crippen molar-refractivity contribution in [2.45, 2.75) is 18.8 Å². The number of fused-ring (bicyclic) bond motifs is 5. The van der Waals surface area contributed by atoms with Gasteiger partial charge in [0.15, 0.2) is 0 Å². The Hall–Kier alpha value is -4.44. The number of carbonyl (C=O) groups is 1. The normalized spacial score (nSPS) is 19.9. The number of rotatable bonds is 4. The minimum atomic E-state index is -0.997. The molecule has 172 valence electrons. The Morgan fingerprint density at radius 1 is 1.26 bits per heavy atom. The van der Waals surface area contributed by atoms with E-state index >= 15 is 0 Å². The predicted octanol–water partition coefficient (Wildman–Crippen LogP) is 3.71. The van der Waals surface area contributed by atoms with Gasteiger partial charge < -0.3 is 14.4 Å². The van der Waals surface area contributed by atoms with Crippen LogP contribution in [0.3, 0.4) is 0 Å². The average molecular weight is 463 g/mol. The third-order valence-corrected chi connectivity index (χ3v) is 6.90. The van der Waals surface area contributed by atoms with Crippen molar-refractivity contribution in [2.75, 3.05) is 24.7 Å². The van der Waals surface area contributed by atoms with Crippen LogP contribution in [-0.4, -0.2) is 41.8 Å². The summed E-state index contributed by atoms with van der Waals surface area (Å²) in [6.45, 7) is 3.01. The number of hydrogen-bond donors (Lipinski definition) is 0. The second-order valence-corrected chi connectivity index (χ2v) is 8.67. The molecule has 0 saturated heterocycles. The Bertz CT molecular complexity index is 1460. The SMILES string of the molecule is C#CC=N/C(=C\C)CN1C(=O)C2(COc3cc4c(cc32)CCO4)c2c(-c3cncnc3)cccc21. The molecule has 3 aromatic rings. The number of nitrogens with zero attached hydrogens (tertiary/aromatic N) is 4. The molecule has 1 atom stereocenters. The van der Waals surface area contributed by atoms with E-state index in [2.05, 4.69) is 26.9 Å². The van der Waals surface area contributed by atoms with Gasteiger partial charge in [0.2, 0.25) is 5.91 Å². The van der Waals surface area contributed by atoms with E-state index < -0.39 is 5.41 Å². The van der Waals surface area contributed by atoms with Crippen LogP contribution in [0, 0.1) is 12.3 Å². The Morgan fingerprint density at radius 2 is 2.11 bits per heavy atom. The summed E-state index contributed by atoms with van der Waals surface area (Å²) in [6, 6.07) is 9.94. The third-order valence-electron chi connectivity index (χ3n) is 6.90. The zero-order valence-electron chi connectivity index (χ0n) is 19.2. The Morgan fingerprint density at radius 3 is 2.91 bits per heavy atom. The van der Waals surface area contributed by atoms with Gasteiger partial charge in [-0.15, -0.1) is 6.42 Å². The first-order valence-corrected chi connectivity index (χ1v) is 11.4. The van der Waals surface area contributed by atoms with Gasteiger partial charge in [-0.2, -0.15) is 0 Å². The quantitative estimate of drug-likeness (QED) is 0.436. The zero-order valence-corrected chi connectivity index (χ0v) is 19.2. The fourth-order valence-corrected chi connectivity index (χ4v) is 5.29. The number of benzene rings is 2. The highest BCUT2D eigenvalue weighted by Crippen LogP contribution is 2.56. The van der Waals surface area contributed by atoms with Crippen LogP contribution in [0.25, 0.3) is 11.1 Å². The number of carbonyl (C=O) groups excluding carboxylic acids is 1. The fourth-order valence-electron chi connectivity index (χ4n) is 5.29. The van der Waals surface area contributed by atoms with Gasteiger partial charge in [-0.25, -0.2) is 9.97 Å². The number of aromatic nitrogens is 2. The lowest BCUT2D eigenvalue weighted by Gasteiger charge is -2.24. The molecule has 0 saturated carbocycles. The monoisotopic (exact) mass is 462 g/mol. The topological polar surface area (TPSA) is 76.9 Å². The van der Waals surface area contributed by atoms with Gasteiger partial charge in [0.1, 0.15) is 29.8 Å². The number of hydrogen-bond acceptors (Lipinski definition) is 6. The first-order valence-electron chi connectivity index (χ1n) is 11.4. The summed E-state index contributed by atoms with van der Waals surface area (Å²) in [5, 5.41) is 0. The summed E-state index contributed by atoms with van der Waals surface area (Å²) >= 11 is 0. The number of allylic oxidation sites excluding steroid dienone is 1. The van der Waals surface area contributed by atoms with E-state index in [9.17, 15) is 4.79 Å². The number of terminal acetylenes is 1. The van der Waals surface area contributed by atoms with E-state index in [0.29, 0.717) is 24.6 Å². The van der Waals surface area contributed by atoms with Gasteiger partial charge in [0.05, 0.1) is 25.1 Å². The van der Waals surface area contributed by atoms with Crippen molar-refractivity contribution in [1.29, 1.82) is 0 Å². The molecule has 2 aromatic carbocycles. The average Bonchev–Trinajstić information content (AvgIpc) is 3.57.